The molecule has 0 amide bonds. The van der Waals surface area contributed by atoms with E-state index < -0.39 is 0 Å². The van der Waals surface area contributed by atoms with Crippen LogP contribution in [0, 0.1) is 0 Å². The first-order valence-electron chi connectivity index (χ1n) is 10.1. The monoisotopic (exact) mass is 381 g/mol. The predicted octanol–water partition coefficient (Wildman–Crippen LogP) is 1.53. The van der Waals surface area contributed by atoms with Gasteiger partial charge in [0.15, 0.2) is 5.96 Å². The van der Waals surface area contributed by atoms with Crippen LogP contribution in [0.3, 0.4) is 0 Å². The topological polar surface area (TPSA) is 79.6 Å². The Hall–Kier alpha value is -1.67. The average molecular weight is 382 g/mol. The van der Waals surface area contributed by atoms with Crippen LogP contribution < -0.4 is 10.6 Å². The molecule has 0 fully saturated rings. The van der Waals surface area contributed by atoms with Gasteiger partial charge < -0.3 is 19.9 Å². The standard InChI is InChI=1S/C19H39N7O/c1-7-18-24-23-15-25(18)12-10-21-19(20-9-8-14-27-6)22-11-13-26(16(2)3)17(4)5/h15-17H,7-14H2,1-6H3,(H2,20,21,22). The average Bonchev–Trinajstić information content (AvgIpc) is 3.08. The molecule has 1 rings (SSSR count). The van der Waals surface area contributed by atoms with Gasteiger partial charge in [0.1, 0.15) is 12.2 Å². The molecule has 156 valence electrons. The van der Waals surface area contributed by atoms with Crippen molar-refractivity contribution in [3.05, 3.63) is 12.2 Å². The summed E-state index contributed by atoms with van der Waals surface area (Å²) in [4.78, 5) is 7.14. The number of aromatic nitrogens is 3. The third kappa shape index (κ3) is 9.19. The van der Waals surface area contributed by atoms with E-state index in [9.17, 15) is 0 Å². The van der Waals surface area contributed by atoms with E-state index in [1.165, 1.54) is 0 Å². The number of nitrogens with zero attached hydrogens (tertiary/aromatic N) is 5. The molecule has 1 heterocycles. The fraction of sp³-hybridized carbons (Fsp3) is 0.842. The molecule has 2 N–H and O–H groups in total. The summed E-state index contributed by atoms with van der Waals surface area (Å²) < 4.78 is 7.19. The van der Waals surface area contributed by atoms with Gasteiger partial charge in [0.2, 0.25) is 0 Å². The highest BCUT2D eigenvalue weighted by Gasteiger charge is 2.12. The number of aliphatic imine (C=N–C) groups is 1. The van der Waals surface area contributed by atoms with Crippen LogP contribution in [0.4, 0.5) is 0 Å². The van der Waals surface area contributed by atoms with Gasteiger partial charge in [0.25, 0.3) is 0 Å². The molecule has 8 nitrogen and oxygen atoms in total. The third-order valence-corrected chi connectivity index (χ3v) is 4.42. The van der Waals surface area contributed by atoms with Gasteiger partial charge in [-0.25, -0.2) is 0 Å². The van der Waals surface area contributed by atoms with Crippen LogP contribution in [0.5, 0.6) is 0 Å². The predicted molar refractivity (Wildman–Crippen MR) is 111 cm³/mol. The van der Waals surface area contributed by atoms with Crippen molar-refractivity contribution in [3.63, 3.8) is 0 Å². The van der Waals surface area contributed by atoms with Gasteiger partial charge in [-0.2, -0.15) is 0 Å². The van der Waals surface area contributed by atoms with Crippen molar-refractivity contribution in [1.82, 2.24) is 30.3 Å². The Morgan fingerprint density at radius 1 is 1.22 bits per heavy atom. The fourth-order valence-corrected chi connectivity index (χ4v) is 3.02. The second kappa shape index (κ2) is 13.5. The van der Waals surface area contributed by atoms with E-state index in [1.807, 2.05) is 0 Å². The molecule has 0 aromatic carbocycles. The van der Waals surface area contributed by atoms with Crippen LogP contribution >= 0.6 is 0 Å². The van der Waals surface area contributed by atoms with Crippen molar-refractivity contribution < 1.29 is 4.74 Å². The van der Waals surface area contributed by atoms with Gasteiger partial charge in [0, 0.05) is 64.9 Å². The number of ether oxygens (including phenoxy) is 1. The van der Waals surface area contributed by atoms with Crippen LogP contribution in [-0.2, 0) is 17.7 Å². The van der Waals surface area contributed by atoms with Crippen LogP contribution in [-0.4, -0.2) is 77.6 Å². The number of nitrogens with one attached hydrogen (secondary N) is 2. The minimum atomic E-state index is 0.531. The maximum Gasteiger partial charge on any atom is 0.191 e. The number of methoxy groups -OCH3 is 1. The molecular weight excluding hydrogens is 342 g/mol. The number of rotatable bonds is 13. The number of hydrogen-bond donors (Lipinski definition) is 2. The third-order valence-electron chi connectivity index (χ3n) is 4.42. The van der Waals surface area contributed by atoms with E-state index >= 15 is 0 Å². The Kier molecular flexibility index (Phi) is 11.7. The lowest BCUT2D eigenvalue weighted by molar-refractivity contribution is 0.178. The molecule has 0 saturated carbocycles. The fourth-order valence-electron chi connectivity index (χ4n) is 3.02. The molecule has 0 aliphatic carbocycles. The van der Waals surface area contributed by atoms with Crippen molar-refractivity contribution in [2.75, 3.05) is 39.9 Å². The van der Waals surface area contributed by atoms with Gasteiger partial charge >= 0.3 is 0 Å². The zero-order valence-electron chi connectivity index (χ0n) is 18.0. The SMILES string of the molecule is CCc1nncn1CCNC(=NCCCOC)NCCN(C(C)C)C(C)C. The van der Waals surface area contributed by atoms with Crippen molar-refractivity contribution in [1.29, 1.82) is 0 Å². The van der Waals surface area contributed by atoms with E-state index in [-0.39, 0.29) is 0 Å². The molecule has 1 aromatic heterocycles. The molecule has 0 aliphatic rings. The Labute approximate surface area is 164 Å². The van der Waals surface area contributed by atoms with Crippen molar-refractivity contribution in [2.24, 2.45) is 4.99 Å². The summed E-state index contributed by atoms with van der Waals surface area (Å²) in [6, 6.07) is 1.06. The molecule has 8 heteroatoms. The first-order chi connectivity index (χ1) is 13.0. The van der Waals surface area contributed by atoms with Gasteiger partial charge in [0.05, 0.1) is 0 Å². The van der Waals surface area contributed by atoms with Crippen LogP contribution in [0.25, 0.3) is 0 Å². The molecule has 0 aliphatic heterocycles. The summed E-state index contributed by atoms with van der Waals surface area (Å²) in [7, 11) is 1.72. The highest BCUT2D eigenvalue weighted by molar-refractivity contribution is 5.79. The quantitative estimate of drug-likeness (QED) is 0.306. The number of aryl methyl sites for hydroxylation is 1. The largest absolute Gasteiger partial charge is 0.385 e. The zero-order valence-corrected chi connectivity index (χ0v) is 18.0. The van der Waals surface area contributed by atoms with Gasteiger partial charge in [-0.3, -0.25) is 9.89 Å². The number of guanidine groups is 1. The first-order valence-corrected chi connectivity index (χ1v) is 10.1. The highest BCUT2D eigenvalue weighted by atomic mass is 16.5. The summed E-state index contributed by atoms with van der Waals surface area (Å²) in [6.07, 6.45) is 3.59. The molecule has 0 spiro atoms. The molecule has 0 atom stereocenters. The minimum Gasteiger partial charge on any atom is -0.385 e. The Balaban J connectivity index is 2.51. The normalized spacial score (nSPS) is 12.4. The molecule has 1 aromatic rings. The van der Waals surface area contributed by atoms with Crippen LogP contribution in [0.15, 0.2) is 11.3 Å². The number of hydrogen-bond acceptors (Lipinski definition) is 5. The smallest absolute Gasteiger partial charge is 0.191 e. The van der Waals surface area contributed by atoms with Crippen molar-refractivity contribution in [2.45, 2.75) is 66.1 Å². The Morgan fingerprint density at radius 2 is 1.93 bits per heavy atom. The van der Waals surface area contributed by atoms with Crippen LogP contribution in [0.1, 0.15) is 46.9 Å². The van der Waals surface area contributed by atoms with E-state index in [1.54, 1.807) is 13.4 Å². The van der Waals surface area contributed by atoms with Gasteiger partial charge in [-0.15, -0.1) is 10.2 Å². The minimum absolute atomic E-state index is 0.531. The maximum absolute atomic E-state index is 5.11. The Bertz CT molecular complexity index is 520. The summed E-state index contributed by atoms with van der Waals surface area (Å²) >= 11 is 0. The molecular formula is C19H39N7O. The van der Waals surface area contributed by atoms with Gasteiger partial charge in [-0.05, 0) is 34.1 Å². The van der Waals surface area contributed by atoms with E-state index in [4.69, 9.17) is 4.74 Å². The molecule has 0 bridgehead atoms. The van der Waals surface area contributed by atoms with E-state index in [2.05, 4.69) is 69.9 Å². The summed E-state index contributed by atoms with van der Waals surface area (Å²) in [5.74, 6) is 1.86. The summed E-state index contributed by atoms with van der Waals surface area (Å²) in [5.41, 5.74) is 0. The molecule has 0 radical (unpaired) electrons. The van der Waals surface area contributed by atoms with Crippen molar-refractivity contribution in [3.8, 4) is 0 Å². The zero-order chi connectivity index (χ0) is 20.1. The molecule has 27 heavy (non-hydrogen) atoms. The lowest BCUT2D eigenvalue weighted by Gasteiger charge is -2.30. The van der Waals surface area contributed by atoms with E-state index in [0.717, 1.165) is 64.0 Å². The maximum atomic E-state index is 5.11. The van der Waals surface area contributed by atoms with Gasteiger partial charge in [-0.1, -0.05) is 6.92 Å². The molecule has 0 unspecified atom stereocenters. The first kappa shape index (κ1) is 23.4. The Morgan fingerprint density at radius 3 is 2.56 bits per heavy atom. The molecule has 0 saturated heterocycles. The lowest BCUT2D eigenvalue weighted by Crippen LogP contribution is -2.45. The summed E-state index contributed by atoms with van der Waals surface area (Å²) in [6.45, 7) is 16.0. The second-order valence-electron chi connectivity index (χ2n) is 7.15. The second-order valence-corrected chi connectivity index (χ2v) is 7.15. The van der Waals surface area contributed by atoms with Crippen LogP contribution in [0.2, 0.25) is 0 Å². The van der Waals surface area contributed by atoms with E-state index in [0.29, 0.717) is 12.1 Å². The summed E-state index contributed by atoms with van der Waals surface area (Å²) in [5, 5.41) is 15.0. The highest BCUT2D eigenvalue weighted by Crippen LogP contribution is 2.03. The van der Waals surface area contributed by atoms with Crippen molar-refractivity contribution >= 4 is 5.96 Å². The lowest BCUT2D eigenvalue weighted by atomic mass is 10.2.